The third-order valence-electron chi connectivity index (χ3n) is 5.44. The van der Waals surface area contributed by atoms with Crippen molar-refractivity contribution in [1.29, 1.82) is 0 Å². The lowest BCUT2D eigenvalue weighted by Crippen LogP contribution is -2.43. The number of aromatic amines is 1. The number of halogens is 1. The van der Waals surface area contributed by atoms with Gasteiger partial charge in [-0.1, -0.05) is 19.3 Å². The van der Waals surface area contributed by atoms with E-state index in [9.17, 15) is 4.79 Å². The van der Waals surface area contributed by atoms with Crippen LogP contribution in [-0.2, 0) is 13.0 Å². The molecule has 0 spiro atoms. The predicted octanol–water partition coefficient (Wildman–Crippen LogP) is 2.66. The van der Waals surface area contributed by atoms with Crippen molar-refractivity contribution in [2.75, 3.05) is 13.1 Å². The SMILES string of the molecule is Cl.O=C(c1n[nH]c2c1CNCC2)N(CC1CC1)C1CCCCC1. The van der Waals surface area contributed by atoms with Gasteiger partial charge >= 0.3 is 0 Å². The Morgan fingerprint density at radius 3 is 2.70 bits per heavy atom. The minimum Gasteiger partial charge on any atom is -0.334 e. The van der Waals surface area contributed by atoms with Gasteiger partial charge in [-0.2, -0.15) is 5.10 Å². The van der Waals surface area contributed by atoms with Crippen LogP contribution in [0.15, 0.2) is 0 Å². The van der Waals surface area contributed by atoms with Crippen molar-refractivity contribution < 1.29 is 4.79 Å². The first-order valence-corrected chi connectivity index (χ1v) is 8.90. The van der Waals surface area contributed by atoms with Gasteiger partial charge in [0, 0.05) is 43.4 Å². The number of carbonyl (C=O) groups excluding carboxylic acids is 1. The maximum Gasteiger partial charge on any atom is 0.274 e. The third kappa shape index (κ3) is 3.56. The van der Waals surface area contributed by atoms with Crippen molar-refractivity contribution >= 4 is 18.3 Å². The molecule has 4 rings (SSSR count). The Balaban J connectivity index is 0.00000156. The summed E-state index contributed by atoms with van der Waals surface area (Å²) in [5, 5.41) is 10.8. The molecular formula is C17H27ClN4O. The number of carbonyl (C=O) groups is 1. The summed E-state index contributed by atoms with van der Waals surface area (Å²) in [6, 6.07) is 0.436. The number of nitrogens with zero attached hydrogens (tertiary/aromatic N) is 2. The largest absolute Gasteiger partial charge is 0.334 e. The van der Waals surface area contributed by atoms with E-state index in [1.165, 1.54) is 44.9 Å². The Bertz CT molecular complexity index is 549. The van der Waals surface area contributed by atoms with E-state index in [0.29, 0.717) is 11.7 Å². The van der Waals surface area contributed by atoms with E-state index in [1.54, 1.807) is 0 Å². The van der Waals surface area contributed by atoms with E-state index >= 15 is 0 Å². The number of rotatable bonds is 4. The molecule has 3 aliphatic rings. The third-order valence-corrected chi connectivity index (χ3v) is 5.44. The lowest BCUT2D eigenvalue weighted by atomic mass is 9.93. The van der Waals surface area contributed by atoms with Crippen LogP contribution in [0, 0.1) is 5.92 Å². The average molecular weight is 339 g/mol. The maximum atomic E-state index is 13.2. The van der Waals surface area contributed by atoms with Gasteiger partial charge in [0.1, 0.15) is 0 Å². The molecule has 1 aromatic heterocycles. The van der Waals surface area contributed by atoms with Gasteiger partial charge in [0.25, 0.3) is 5.91 Å². The van der Waals surface area contributed by atoms with E-state index in [2.05, 4.69) is 20.4 Å². The number of aromatic nitrogens is 2. The van der Waals surface area contributed by atoms with Gasteiger partial charge in [-0.15, -0.1) is 12.4 Å². The summed E-state index contributed by atoms with van der Waals surface area (Å²) in [5.74, 6) is 0.902. The molecule has 0 unspecified atom stereocenters. The normalized spacial score (nSPS) is 21.4. The van der Waals surface area contributed by atoms with E-state index < -0.39 is 0 Å². The second-order valence-electron chi connectivity index (χ2n) is 7.15. The molecule has 1 amide bonds. The van der Waals surface area contributed by atoms with Crippen LogP contribution in [0.25, 0.3) is 0 Å². The molecule has 0 radical (unpaired) electrons. The van der Waals surface area contributed by atoms with Crippen molar-refractivity contribution in [3.05, 3.63) is 17.0 Å². The highest BCUT2D eigenvalue weighted by Gasteiger charge is 2.34. The standard InChI is InChI=1S/C17H26N4O.ClH/c22-17(16-14-10-18-9-8-15(14)19-20-16)21(11-12-6-7-12)13-4-2-1-3-5-13;/h12-13,18H,1-11H2,(H,19,20);1H. The highest BCUT2D eigenvalue weighted by Crippen LogP contribution is 2.33. The summed E-state index contributed by atoms with van der Waals surface area (Å²) >= 11 is 0. The zero-order chi connectivity index (χ0) is 14.9. The zero-order valence-corrected chi connectivity index (χ0v) is 14.5. The molecule has 23 heavy (non-hydrogen) atoms. The van der Waals surface area contributed by atoms with Gasteiger partial charge in [0.05, 0.1) is 0 Å². The Morgan fingerprint density at radius 2 is 1.96 bits per heavy atom. The predicted molar refractivity (Wildman–Crippen MR) is 91.9 cm³/mol. The summed E-state index contributed by atoms with van der Waals surface area (Å²) in [5.41, 5.74) is 2.93. The van der Waals surface area contributed by atoms with Gasteiger partial charge in [-0.25, -0.2) is 0 Å². The number of hydrogen-bond donors (Lipinski definition) is 2. The van der Waals surface area contributed by atoms with Crippen molar-refractivity contribution in [2.24, 2.45) is 5.92 Å². The maximum absolute atomic E-state index is 13.2. The number of hydrogen-bond acceptors (Lipinski definition) is 3. The molecular weight excluding hydrogens is 312 g/mol. The molecule has 0 atom stereocenters. The minimum absolute atomic E-state index is 0. The van der Waals surface area contributed by atoms with Crippen molar-refractivity contribution in [2.45, 2.75) is 64.0 Å². The fourth-order valence-electron chi connectivity index (χ4n) is 3.91. The first kappa shape index (κ1) is 16.8. The molecule has 0 saturated heterocycles. The molecule has 1 aliphatic heterocycles. The quantitative estimate of drug-likeness (QED) is 0.887. The monoisotopic (exact) mass is 338 g/mol. The zero-order valence-electron chi connectivity index (χ0n) is 13.6. The molecule has 5 nitrogen and oxygen atoms in total. The molecule has 2 fully saturated rings. The van der Waals surface area contributed by atoms with E-state index in [4.69, 9.17) is 0 Å². The summed E-state index contributed by atoms with van der Waals surface area (Å²) in [6.07, 6.45) is 9.71. The number of fused-ring (bicyclic) bond motifs is 1. The Kier molecular flexibility index (Phi) is 5.27. The lowest BCUT2D eigenvalue weighted by Gasteiger charge is -2.34. The van der Waals surface area contributed by atoms with Crippen LogP contribution < -0.4 is 5.32 Å². The van der Waals surface area contributed by atoms with Crippen LogP contribution in [0.2, 0.25) is 0 Å². The molecule has 0 bridgehead atoms. The summed E-state index contributed by atoms with van der Waals surface area (Å²) in [4.78, 5) is 15.3. The highest BCUT2D eigenvalue weighted by atomic mass is 35.5. The number of nitrogens with one attached hydrogen (secondary N) is 2. The smallest absolute Gasteiger partial charge is 0.274 e. The fourth-order valence-corrected chi connectivity index (χ4v) is 3.91. The summed E-state index contributed by atoms with van der Waals surface area (Å²) in [7, 11) is 0. The first-order valence-electron chi connectivity index (χ1n) is 8.90. The Hall–Kier alpha value is -1.07. The fraction of sp³-hybridized carbons (Fsp3) is 0.765. The summed E-state index contributed by atoms with van der Waals surface area (Å²) < 4.78 is 0. The van der Waals surface area contributed by atoms with Crippen molar-refractivity contribution in [3.63, 3.8) is 0 Å². The first-order chi connectivity index (χ1) is 10.8. The molecule has 0 aromatic carbocycles. The van der Waals surface area contributed by atoms with Crippen LogP contribution in [0.1, 0.15) is 66.7 Å². The van der Waals surface area contributed by atoms with E-state index in [0.717, 1.165) is 43.2 Å². The second-order valence-corrected chi connectivity index (χ2v) is 7.15. The number of H-pyrrole nitrogens is 1. The van der Waals surface area contributed by atoms with Gasteiger partial charge in [-0.3, -0.25) is 9.89 Å². The van der Waals surface area contributed by atoms with Crippen LogP contribution in [0.5, 0.6) is 0 Å². The Labute approximate surface area is 144 Å². The van der Waals surface area contributed by atoms with E-state index in [-0.39, 0.29) is 18.3 Å². The van der Waals surface area contributed by atoms with Crippen LogP contribution in [0.4, 0.5) is 0 Å². The molecule has 6 heteroatoms. The average Bonchev–Trinajstić information content (AvgIpc) is 3.29. The number of amides is 1. The van der Waals surface area contributed by atoms with Crippen molar-refractivity contribution in [3.8, 4) is 0 Å². The minimum atomic E-state index is 0. The second kappa shape index (κ2) is 7.22. The molecule has 128 valence electrons. The van der Waals surface area contributed by atoms with Crippen molar-refractivity contribution in [1.82, 2.24) is 20.4 Å². The van der Waals surface area contributed by atoms with Crippen LogP contribution in [0.3, 0.4) is 0 Å². The van der Waals surface area contributed by atoms with Crippen LogP contribution in [-0.4, -0.2) is 40.1 Å². The topological polar surface area (TPSA) is 61.0 Å². The Morgan fingerprint density at radius 1 is 1.17 bits per heavy atom. The van der Waals surface area contributed by atoms with Gasteiger partial charge in [-0.05, 0) is 31.6 Å². The molecule has 2 N–H and O–H groups in total. The van der Waals surface area contributed by atoms with Gasteiger partial charge < -0.3 is 10.2 Å². The molecule has 2 saturated carbocycles. The van der Waals surface area contributed by atoms with Gasteiger partial charge in [0.2, 0.25) is 0 Å². The van der Waals surface area contributed by atoms with Gasteiger partial charge in [0.15, 0.2) is 5.69 Å². The summed E-state index contributed by atoms with van der Waals surface area (Å²) in [6.45, 7) is 2.69. The molecule has 2 heterocycles. The molecule has 2 aliphatic carbocycles. The van der Waals surface area contributed by atoms with Crippen LogP contribution >= 0.6 is 12.4 Å². The lowest BCUT2D eigenvalue weighted by molar-refractivity contribution is 0.0614. The molecule has 1 aromatic rings. The van der Waals surface area contributed by atoms with E-state index in [1.807, 2.05) is 0 Å². The highest BCUT2D eigenvalue weighted by molar-refractivity contribution is 5.94.